The van der Waals surface area contributed by atoms with Gasteiger partial charge in [-0.05, 0) is 50.2 Å². The molecular weight excluding hydrogens is 519 g/mol. The lowest BCUT2D eigenvalue weighted by Crippen LogP contribution is -2.43. The number of methoxy groups -OCH3 is 1. The summed E-state index contributed by atoms with van der Waals surface area (Å²) in [5, 5.41) is 15.1. The number of aliphatic hydroxyl groups is 1. The van der Waals surface area contributed by atoms with Crippen molar-refractivity contribution in [2.45, 2.75) is 81.3 Å². The normalized spacial score (nSPS) is 25.3. The van der Waals surface area contributed by atoms with Crippen molar-refractivity contribution in [1.82, 2.24) is 15.2 Å². The van der Waals surface area contributed by atoms with Gasteiger partial charge in [0.2, 0.25) is 5.91 Å². The molecule has 2 N–H and O–H groups in total. The van der Waals surface area contributed by atoms with Gasteiger partial charge in [-0.1, -0.05) is 18.2 Å². The first-order valence-electron chi connectivity index (χ1n) is 12.9. The van der Waals surface area contributed by atoms with Gasteiger partial charge in [0.25, 0.3) is 0 Å². The van der Waals surface area contributed by atoms with Crippen molar-refractivity contribution < 1.29 is 32.6 Å². The Morgan fingerprint density at radius 3 is 2.79 bits per heavy atom. The number of hydrogen-bond donors (Lipinski definition) is 2. The zero-order valence-corrected chi connectivity index (χ0v) is 22.2. The molecule has 1 saturated heterocycles. The highest BCUT2D eigenvalue weighted by Crippen LogP contribution is 2.41. The summed E-state index contributed by atoms with van der Waals surface area (Å²) in [6.07, 6.45) is 1.92. The van der Waals surface area contributed by atoms with E-state index in [0.29, 0.717) is 31.8 Å². The van der Waals surface area contributed by atoms with E-state index in [1.54, 1.807) is 13.3 Å². The highest BCUT2D eigenvalue weighted by Gasteiger charge is 2.40. The van der Waals surface area contributed by atoms with Crippen LogP contribution in [0.4, 0.5) is 13.2 Å². The lowest BCUT2D eigenvalue weighted by atomic mass is 9.81. The zero-order valence-electron chi connectivity index (χ0n) is 21.4. The smallest absolute Gasteiger partial charge is 0.384 e. The van der Waals surface area contributed by atoms with Crippen LogP contribution in [-0.2, 0) is 32.7 Å². The van der Waals surface area contributed by atoms with Crippen LogP contribution in [0.5, 0.6) is 0 Å². The highest BCUT2D eigenvalue weighted by atomic mass is 32.1. The number of amides is 1. The van der Waals surface area contributed by atoms with Gasteiger partial charge in [-0.3, -0.25) is 9.69 Å². The van der Waals surface area contributed by atoms with Gasteiger partial charge in [0.15, 0.2) is 0 Å². The summed E-state index contributed by atoms with van der Waals surface area (Å²) >= 11 is 1.49. The molecule has 1 amide bonds. The van der Waals surface area contributed by atoms with Gasteiger partial charge in [0, 0.05) is 50.8 Å². The quantitative estimate of drug-likeness (QED) is 0.424. The molecular formula is C27H34F3N3O4S. The Morgan fingerprint density at radius 1 is 1.34 bits per heavy atom. The molecule has 2 fully saturated rings. The molecule has 2 unspecified atom stereocenters. The van der Waals surface area contributed by atoms with Crippen molar-refractivity contribution in [2.24, 2.45) is 0 Å². The number of nitrogens with one attached hydrogen (secondary N) is 1. The van der Waals surface area contributed by atoms with E-state index in [0.717, 1.165) is 54.4 Å². The number of halogens is 3. The Bertz CT molecular complexity index is 1100. The van der Waals surface area contributed by atoms with E-state index in [2.05, 4.69) is 15.2 Å². The molecule has 1 saturated carbocycles. The molecule has 2 heterocycles. The number of thiazole rings is 1. The van der Waals surface area contributed by atoms with Crippen LogP contribution in [0, 0.1) is 0 Å². The number of hydrogen-bond acceptors (Lipinski definition) is 7. The van der Waals surface area contributed by atoms with Gasteiger partial charge < -0.3 is 20.0 Å². The fourth-order valence-corrected chi connectivity index (χ4v) is 6.52. The number of aromatic nitrogens is 1. The Labute approximate surface area is 224 Å². The number of likely N-dealkylation sites (tertiary alicyclic amines) is 1. The summed E-state index contributed by atoms with van der Waals surface area (Å²) in [5.74, 6) is -0.973. The Hall–Kier alpha value is -2.34. The summed E-state index contributed by atoms with van der Waals surface area (Å²) < 4.78 is 44.2. The van der Waals surface area contributed by atoms with Gasteiger partial charge in [-0.25, -0.2) is 4.98 Å². The van der Waals surface area contributed by atoms with Gasteiger partial charge in [-0.2, -0.15) is 13.2 Å². The molecule has 38 heavy (non-hydrogen) atoms. The molecule has 0 bridgehead atoms. The summed E-state index contributed by atoms with van der Waals surface area (Å²) in [6, 6.07) is 5.04. The lowest BCUT2D eigenvalue weighted by Gasteiger charge is -2.39. The molecule has 1 aliphatic carbocycles. The first-order chi connectivity index (χ1) is 18.1. The van der Waals surface area contributed by atoms with Crippen molar-refractivity contribution in [2.75, 3.05) is 20.2 Å². The van der Waals surface area contributed by atoms with Crippen LogP contribution in [0.25, 0.3) is 0 Å². The maximum Gasteiger partial charge on any atom is 0.416 e. The number of benzene rings is 1. The second kappa shape index (κ2) is 12.2. The molecule has 2 aromatic rings. The highest BCUT2D eigenvalue weighted by molar-refractivity contribution is 7.11. The molecule has 7 nitrogen and oxygen atoms in total. The molecule has 2 aliphatic rings. The van der Waals surface area contributed by atoms with Crippen LogP contribution in [0.2, 0.25) is 0 Å². The van der Waals surface area contributed by atoms with Crippen molar-refractivity contribution in [3.05, 3.63) is 51.5 Å². The lowest BCUT2D eigenvalue weighted by molar-refractivity contribution is -0.137. The Morgan fingerprint density at radius 2 is 2.11 bits per heavy atom. The standard InChI is InChI=1S/C27H34F3N3O4S/c1-37-17-25-31-14-23(38-25)26(36)10-7-22(8-11-26)33-12-9-21(15-33)32-24(35)6-5-19(16-34)18-3-2-4-20(13-18)27(28,29)30/h2-4,13-14,16,19,21-22,36H,5-12,15,17H2,1H3,(H,32,35). The zero-order chi connectivity index (χ0) is 27.3. The number of carbonyl (C=O) groups excluding carboxylic acids is 2. The van der Waals surface area contributed by atoms with E-state index in [4.69, 9.17) is 4.74 Å². The van der Waals surface area contributed by atoms with E-state index >= 15 is 0 Å². The Kier molecular flexibility index (Phi) is 9.23. The minimum absolute atomic E-state index is 0.00959. The Balaban J connectivity index is 1.22. The number of rotatable bonds is 10. The van der Waals surface area contributed by atoms with E-state index < -0.39 is 23.3 Å². The van der Waals surface area contributed by atoms with Gasteiger partial charge in [0.1, 0.15) is 16.9 Å². The molecule has 4 rings (SSSR count). The molecule has 1 aliphatic heterocycles. The fourth-order valence-electron chi connectivity index (χ4n) is 5.49. The maximum absolute atomic E-state index is 13.0. The summed E-state index contributed by atoms with van der Waals surface area (Å²) in [7, 11) is 1.62. The topological polar surface area (TPSA) is 91.8 Å². The second-order valence-electron chi connectivity index (χ2n) is 10.3. The number of aldehydes is 1. The minimum Gasteiger partial charge on any atom is -0.384 e. The van der Waals surface area contributed by atoms with Crippen LogP contribution >= 0.6 is 11.3 Å². The largest absolute Gasteiger partial charge is 0.416 e. The molecule has 11 heteroatoms. The van der Waals surface area contributed by atoms with E-state index in [-0.39, 0.29) is 30.4 Å². The number of alkyl halides is 3. The average Bonchev–Trinajstić information content (AvgIpc) is 3.55. The summed E-state index contributed by atoms with van der Waals surface area (Å²) in [6.45, 7) is 2.01. The SMILES string of the molecule is COCc1ncc(C2(O)CCC(N3CCC(NC(=O)CCC(C=O)c4cccc(C(F)(F)F)c4)C3)CC2)s1. The van der Waals surface area contributed by atoms with Crippen molar-refractivity contribution in [1.29, 1.82) is 0 Å². The predicted octanol–water partition coefficient (Wildman–Crippen LogP) is 4.39. The fraction of sp³-hybridized carbons (Fsp3) is 0.593. The molecule has 0 radical (unpaired) electrons. The van der Waals surface area contributed by atoms with E-state index in [1.807, 2.05) is 0 Å². The number of ether oxygens (including phenoxy) is 1. The van der Waals surface area contributed by atoms with E-state index in [9.17, 15) is 27.9 Å². The van der Waals surface area contributed by atoms with Gasteiger partial charge in [-0.15, -0.1) is 11.3 Å². The van der Waals surface area contributed by atoms with Crippen molar-refractivity contribution in [3.63, 3.8) is 0 Å². The van der Waals surface area contributed by atoms with Crippen LogP contribution in [-0.4, -0.2) is 59.5 Å². The molecule has 0 spiro atoms. The van der Waals surface area contributed by atoms with Crippen LogP contribution in [0.1, 0.15) is 71.9 Å². The second-order valence-corrected chi connectivity index (χ2v) is 11.4. The summed E-state index contributed by atoms with van der Waals surface area (Å²) in [4.78, 5) is 31.7. The predicted molar refractivity (Wildman–Crippen MR) is 137 cm³/mol. The molecule has 208 valence electrons. The van der Waals surface area contributed by atoms with Crippen LogP contribution < -0.4 is 5.32 Å². The van der Waals surface area contributed by atoms with Gasteiger partial charge >= 0.3 is 6.18 Å². The average molecular weight is 554 g/mol. The molecule has 1 aromatic carbocycles. The maximum atomic E-state index is 13.0. The molecule has 1 aromatic heterocycles. The van der Waals surface area contributed by atoms with Crippen LogP contribution in [0.15, 0.2) is 30.5 Å². The van der Waals surface area contributed by atoms with Crippen molar-refractivity contribution in [3.8, 4) is 0 Å². The third-order valence-electron chi connectivity index (χ3n) is 7.65. The van der Waals surface area contributed by atoms with Gasteiger partial charge in [0.05, 0.1) is 17.0 Å². The number of carbonyl (C=O) groups is 2. The van der Waals surface area contributed by atoms with Crippen molar-refractivity contribution >= 4 is 23.5 Å². The summed E-state index contributed by atoms with van der Waals surface area (Å²) in [5.41, 5.74) is -1.40. The first kappa shape index (κ1) is 28.7. The third kappa shape index (κ3) is 6.99. The minimum atomic E-state index is -4.49. The first-order valence-corrected chi connectivity index (χ1v) is 13.8. The number of nitrogens with zero attached hydrogens (tertiary/aromatic N) is 2. The van der Waals surface area contributed by atoms with E-state index in [1.165, 1.54) is 23.5 Å². The third-order valence-corrected chi connectivity index (χ3v) is 8.82. The monoisotopic (exact) mass is 553 g/mol. The molecule has 2 atom stereocenters. The van der Waals surface area contributed by atoms with Crippen LogP contribution in [0.3, 0.4) is 0 Å².